The van der Waals surface area contributed by atoms with Crippen molar-refractivity contribution in [2.45, 2.75) is 0 Å². The van der Waals surface area contributed by atoms with Crippen LogP contribution >= 0.6 is 0 Å². The van der Waals surface area contributed by atoms with Crippen LogP contribution < -0.4 is 14.9 Å². The SMILES string of the molecule is O=C(N/N=C/c1ccccc1F)c1ccc2c(c1)OCO2. The molecule has 0 radical (unpaired) electrons. The minimum Gasteiger partial charge on any atom is -0.454 e. The minimum atomic E-state index is -0.416. The van der Waals surface area contributed by atoms with Gasteiger partial charge >= 0.3 is 0 Å². The molecule has 2 aromatic carbocycles. The average Bonchev–Trinajstić information content (AvgIpc) is 2.96. The van der Waals surface area contributed by atoms with Gasteiger partial charge in [-0.15, -0.1) is 0 Å². The summed E-state index contributed by atoms with van der Waals surface area (Å²) in [4.78, 5) is 11.9. The quantitative estimate of drug-likeness (QED) is 0.696. The van der Waals surface area contributed by atoms with Gasteiger partial charge in [0.2, 0.25) is 6.79 Å². The van der Waals surface area contributed by atoms with Crippen molar-refractivity contribution < 1.29 is 18.7 Å². The molecule has 0 fully saturated rings. The highest BCUT2D eigenvalue weighted by molar-refractivity contribution is 5.95. The Morgan fingerprint density at radius 3 is 2.86 bits per heavy atom. The van der Waals surface area contributed by atoms with E-state index in [1.807, 2.05) is 0 Å². The molecule has 0 spiro atoms. The fourth-order valence-corrected chi connectivity index (χ4v) is 1.84. The molecular formula is C15H11FN2O3. The van der Waals surface area contributed by atoms with Crippen LogP contribution in [0, 0.1) is 5.82 Å². The Hall–Kier alpha value is -2.89. The Morgan fingerprint density at radius 1 is 1.19 bits per heavy atom. The van der Waals surface area contributed by atoms with E-state index in [0.29, 0.717) is 22.6 Å². The first-order valence-corrected chi connectivity index (χ1v) is 6.21. The first-order valence-electron chi connectivity index (χ1n) is 6.21. The Bertz CT molecular complexity index is 716. The van der Waals surface area contributed by atoms with Gasteiger partial charge < -0.3 is 9.47 Å². The molecule has 106 valence electrons. The first kappa shape index (κ1) is 13.1. The molecule has 2 aromatic rings. The zero-order valence-electron chi connectivity index (χ0n) is 10.9. The molecule has 0 aromatic heterocycles. The number of ether oxygens (including phenoxy) is 2. The monoisotopic (exact) mass is 286 g/mol. The predicted molar refractivity (Wildman–Crippen MR) is 74.0 cm³/mol. The van der Waals surface area contributed by atoms with E-state index in [1.54, 1.807) is 36.4 Å². The van der Waals surface area contributed by atoms with Gasteiger partial charge in [0.1, 0.15) is 5.82 Å². The second-order valence-electron chi connectivity index (χ2n) is 4.29. The van der Waals surface area contributed by atoms with Crippen molar-refractivity contribution in [1.29, 1.82) is 0 Å². The second-order valence-corrected chi connectivity index (χ2v) is 4.29. The van der Waals surface area contributed by atoms with E-state index in [0.717, 1.165) is 0 Å². The van der Waals surface area contributed by atoms with Gasteiger partial charge in [-0.25, -0.2) is 9.82 Å². The molecule has 21 heavy (non-hydrogen) atoms. The number of carbonyl (C=O) groups is 1. The van der Waals surface area contributed by atoms with Crippen molar-refractivity contribution >= 4 is 12.1 Å². The summed E-state index contributed by atoms with van der Waals surface area (Å²) < 4.78 is 23.7. The minimum absolute atomic E-state index is 0.145. The van der Waals surface area contributed by atoms with Crippen LogP contribution in [-0.2, 0) is 0 Å². The fourth-order valence-electron chi connectivity index (χ4n) is 1.84. The summed E-state index contributed by atoms with van der Waals surface area (Å²) in [6, 6.07) is 11.0. The highest BCUT2D eigenvalue weighted by Crippen LogP contribution is 2.32. The largest absolute Gasteiger partial charge is 0.454 e. The summed E-state index contributed by atoms with van der Waals surface area (Å²) in [7, 11) is 0. The van der Waals surface area contributed by atoms with Crippen LogP contribution in [0.5, 0.6) is 11.5 Å². The van der Waals surface area contributed by atoms with E-state index >= 15 is 0 Å². The normalized spacial score (nSPS) is 12.6. The maximum absolute atomic E-state index is 13.4. The van der Waals surface area contributed by atoms with Crippen LogP contribution in [0.3, 0.4) is 0 Å². The molecule has 1 N–H and O–H groups in total. The Morgan fingerprint density at radius 2 is 2.00 bits per heavy atom. The molecule has 0 saturated carbocycles. The lowest BCUT2D eigenvalue weighted by Gasteiger charge is -2.01. The number of nitrogens with zero attached hydrogens (tertiary/aromatic N) is 1. The maximum Gasteiger partial charge on any atom is 0.271 e. The molecule has 1 amide bonds. The van der Waals surface area contributed by atoms with Crippen LogP contribution in [0.4, 0.5) is 4.39 Å². The molecule has 1 aliphatic heterocycles. The van der Waals surface area contributed by atoms with E-state index in [-0.39, 0.29) is 6.79 Å². The molecule has 0 saturated heterocycles. The fraction of sp³-hybridized carbons (Fsp3) is 0.0667. The van der Waals surface area contributed by atoms with E-state index in [9.17, 15) is 9.18 Å². The number of carbonyl (C=O) groups excluding carboxylic acids is 1. The number of fused-ring (bicyclic) bond motifs is 1. The highest BCUT2D eigenvalue weighted by atomic mass is 19.1. The van der Waals surface area contributed by atoms with E-state index in [2.05, 4.69) is 10.5 Å². The van der Waals surface area contributed by atoms with E-state index in [1.165, 1.54) is 12.3 Å². The van der Waals surface area contributed by atoms with Gasteiger partial charge in [-0.2, -0.15) is 5.10 Å². The van der Waals surface area contributed by atoms with Gasteiger partial charge in [-0.3, -0.25) is 4.79 Å². The van der Waals surface area contributed by atoms with Crippen molar-refractivity contribution in [1.82, 2.24) is 5.43 Å². The van der Waals surface area contributed by atoms with Gasteiger partial charge in [0.25, 0.3) is 5.91 Å². The number of halogens is 1. The number of benzene rings is 2. The molecule has 6 heteroatoms. The Balaban J connectivity index is 1.68. The maximum atomic E-state index is 13.4. The van der Waals surface area contributed by atoms with E-state index in [4.69, 9.17) is 9.47 Å². The van der Waals surface area contributed by atoms with Gasteiger partial charge in [0.15, 0.2) is 11.5 Å². The molecule has 1 aliphatic rings. The average molecular weight is 286 g/mol. The number of hydrogen-bond acceptors (Lipinski definition) is 4. The summed E-state index contributed by atoms with van der Waals surface area (Å²) >= 11 is 0. The zero-order chi connectivity index (χ0) is 14.7. The molecule has 1 heterocycles. The summed E-state index contributed by atoms with van der Waals surface area (Å²) in [6.45, 7) is 0.145. The van der Waals surface area contributed by atoms with Crippen molar-refractivity contribution in [3.8, 4) is 11.5 Å². The van der Waals surface area contributed by atoms with Crippen LogP contribution in [0.2, 0.25) is 0 Å². The third-order valence-electron chi connectivity index (χ3n) is 2.91. The number of hydrazone groups is 1. The molecule has 0 bridgehead atoms. The number of hydrogen-bond donors (Lipinski definition) is 1. The topological polar surface area (TPSA) is 59.9 Å². The van der Waals surface area contributed by atoms with E-state index < -0.39 is 11.7 Å². The molecule has 0 atom stereocenters. The second kappa shape index (κ2) is 5.62. The summed E-state index contributed by atoms with van der Waals surface area (Å²) in [5.74, 6) is 0.293. The number of nitrogens with one attached hydrogen (secondary N) is 1. The van der Waals surface area contributed by atoms with Crippen LogP contribution in [0.15, 0.2) is 47.6 Å². The molecule has 5 nitrogen and oxygen atoms in total. The van der Waals surface area contributed by atoms with Gasteiger partial charge in [0, 0.05) is 11.1 Å². The summed E-state index contributed by atoms with van der Waals surface area (Å²) in [5.41, 5.74) is 3.01. The third kappa shape index (κ3) is 2.84. The molecule has 0 unspecified atom stereocenters. The van der Waals surface area contributed by atoms with Crippen LogP contribution in [-0.4, -0.2) is 18.9 Å². The third-order valence-corrected chi connectivity index (χ3v) is 2.91. The molecule has 0 aliphatic carbocycles. The smallest absolute Gasteiger partial charge is 0.271 e. The molecular weight excluding hydrogens is 275 g/mol. The van der Waals surface area contributed by atoms with Crippen molar-refractivity contribution in [2.75, 3.05) is 6.79 Å². The van der Waals surface area contributed by atoms with Gasteiger partial charge in [-0.05, 0) is 24.3 Å². The van der Waals surface area contributed by atoms with Crippen LogP contribution in [0.1, 0.15) is 15.9 Å². The van der Waals surface area contributed by atoms with Crippen molar-refractivity contribution in [2.24, 2.45) is 5.10 Å². The predicted octanol–water partition coefficient (Wildman–Crippen LogP) is 2.32. The lowest BCUT2D eigenvalue weighted by molar-refractivity contribution is 0.0954. The van der Waals surface area contributed by atoms with Crippen LogP contribution in [0.25, 0.3) is 0 Å². The lowest BCUT2D eigenvalue weighted by Crippen LogP contribution is -2.17. The van der Waals surface area contributed by atoms with Gasteiger partial charge in [-0.1, -0.05) is 18.2 Å². The summed E-state index contributed by atoms with van der Waals surface area (Å²) in [5, 5.41) is 3.74. The van der Waals surface area contributed by atoms with Gasteiger partial charge in [0.05, 0.1) is 6.21 Å². The Labute approximate surface area is 120 Å². The van der Waals surface area contributed by atoms with Crippen molar-refractivity contribution in [3.05, 3.63) is 59.4 Å². The Kier molecular flexibility index (Phi) is 3.51. The number of rotatable bonds is 3. The molecule has 3 rings (SSSR count). The highest BCUT2D eigenvalue weighted by Gasteiger charge is 2.15. The van der Waals surface area contributed by atoms with Crippen molar-refractivity contribution in [3.63, 3.8) is 0 Å². The zero-order valence-corrected chi connectivity index (χ0v) is 10.9. The standard InChI is InChI=1S/C15H11FN2O3/c16-12-4-2-1-3-11(12)8-17-18-15(19)10-5-6-13-14(7-10)21-9-20-13/h1-8H,9H2,(H,18,19)/b17-8+. The summed E-state index contributed by atoms with van der Waals surface area (Å²) in [6.07, 6.45) is 1.25. The lowest BCUT2D eigenvalue weighted by atomic mass is 10.2. The first-order chi connectivity index (χ1) is 10.2. The number of amides is 1.